The number of hydrogen-bond acceptors (Lipinski definition) is 4. The van der Waals surface area contributed by atoms with Gasteiger partial charge in [-0.1, -0.05) is 6.92 Å². The zero-order valence-corrected chi connectivity index (χ0v) is 8.64. The van der Waals surface area contributed by atoms with Gasteiger partial charge in [0.15, 0.2) is 0 Å². The third kappa shape index (κ3) is 3.30. The van der Waals surface area contributed by atoms with Crippen molar-refractivity contribution in [3.05, 3.63) is 0 Å². The van der Waals surface area contributed by atoms with Crippen molar-refractivity contribution in [3.63, 3.8) is 0 Å². The van der Waals surface area contributed by atoms with Crippen LogP contribution in [0, 0.1) is 0 Å². The first kappa shape index (κ1) is 11.1. The minimum atomic E-state index is -1.97. The van der Waals surface area contributed by atoms with E-state index in [4.69, 9.17) is 13.7 Å². The first-order valence-corrected chi connectivity index (χ1v) is 5.84. The third-order valence-corrected chi connectivity index (χ3v) is 5.02. The molecule has 0 aliphatic carbocycles. The average molecular weight is 179 g/mol. The Morgan fingerprint density at radius 3 is 2.00 bits per heavy atom. The molecule has 0 aromatic heterocycles. The van der Waals surface area contributed by atoms with Crippen molar-refractivity contribution in [2.24, 2.45) is 0 Å². The Morgan fingerprint density at radius 2 is 1.73 bits per heavy atom. The van der Waals surface area contributed by atoms with E-state index in [0.29, 0.717) is 6.17 Å². The van der Waals surface area contributed by atoms with E-state index < -0.39 is 8.56 Å². The molecule has 68 valence electrons. The molecule has 0 aromatic rings. The van der Waals surface area contributed by atoms with E-state index >= 15 is 0 Å². The van der Waals surface area contributed by atoms with E-state index in [1.54, 1.807) is 21.3 Å². The van der Waals surface area contributed by atoms with Crippen molar-refractivity contribution in [2.75, 3.05) is 27.5 Å². The summed E-state index contributed by atoms with van der Waals surface area (Å²) in [6, 6.07) is 0.913. The van der Waals surface area contributed by atoms with Gasteiger partial charge >= 0.3 is 8.56 Å². The van der Waals surface area contributed by atoms with Crippen LogP contribution in [0.4, 0.5) is 0 Å². The molecule has 0 bridgehead atoms. The highest BCUT2D eigenvalue weighted by atomic mass is 28.4. The Balaban J connectivity index is 3.84. The van der Waals surface area contributed by atoms with Crippen LogP contribution in [0.3, 0.4) is 0 Å². The molecule has 11 heavy (non-hydrogen) atoms. The van der Waals surface area contributed by atoms with Gasteiger partial charge < -0.3 is 13.7 Å². The molecule has 0 amide bonds. The molecule has 0 saturated carbocycles. The van der Waals surface area contributed by atoms with Crippen molar-refractivity contribution >= 4 is 8.56 Å². The van der Waals surface area contributed by atoms with Crippen LogP contribution >= 0.6 is 0 Å². The van der Waals surface area contributed by atoms with Gasteiger partial charge in [-0.15, -0.1) is 0 Å². The molecule has 0 aliphatic rings. The van der Waals surface area contributed by atoms with Gasteiger partial charge in [-0.05, 0) is 6.04 Å². The van der Waals surface area contributed by atoms with E-state index in [9.17, 15) is 0 Å². The molecule has 1 N–H and O–H groups in total. The van der Waals surface area contributed by atoms with Gasteiger partial charge in [-0.25, -0.2) is 5.48 Å². The summed E-state index contributed by atoms with van der Waals surface area (Å²) >= 11 is 0. The van der Waals surface area contributed by atoms with Gasteiger partial charge in [0, 0.05) is 14.2 Å². The predicted octanol–water partition coefficient (Wildman–Crippen LogP) is 0.431. The van der Waals surface area contributed by atoms with Crippen LogP contribution < -0.4 is 5.48 Å². The average Bonchev–Trinajstić information content (AvgIpc) is 2.08. The molecule has 0 aliphatic heterocycles. The van der Waals surface area contributed by atoms with E-state index in [-0.39, 0.29) is 0 Å². The Morgan fingerprint density at radius 1 is 1.18 bits per heavy atom. The quantitative estimate of drug-likeness (QED) is 0.474. The van der Waals surface area contributed by atoms with Crippen LogP contribution in [0.25, 0.3) is 0 Å². The minimum absolute atomic E-state index is 0.660. The largest absolute Gasteiger partial charge is 0.397 e. The Bertz CT molecular complexity index is 89.6. The smallest absolute Gasteiger partial charge is 0.354 e. The summed E-state index contributed by atoms with van der Waals surface area (Å²) in [5.41, 5.74) is 2.75. The van der Waals surface area contributed by atoms with Gasteiger partial charge in [0.05, 0.1) is 13.3 Å². The summed E-state index contributed by atoms with van der Waals surface area (Å²) in [7, 11) is 2.96. The number of rotatable bonds is 6. The SMILES string of the molecule is CC[Si](CNOC)(OC)OC. The number of nitrogens with one attached hydrogen (secondary N) is 1. The summed E-state index contributed by atoms with van der Waals surface area (Å²) in [4.78, 5) is 4.73. The second kappa shape index (κ2) is 5.67. The molecule has 0 radical (unpaired) electrons. The summed E-state index contributed by atoms with van der Waals surface area (Å²) in [6.45, 7) is 2.05. The van der Waals surface area contributed by atoms with Crippen LogP contribution in [0.5, 0.6) is 0 Å². The molecule has 0 rings (SSSR count). The molecule has 5 heteroatoms. The zero-order chi connectivity index (χ0) is 8.74. The van der Waals surface area contributed by atoms with Crippen LogP contribution in [0.1, 0.15) is 6.92 Å². The number of hydroxylamine groups is 1. The van der Waals surface area contributed by atoms with Gasteiger partial charge in [0.25, 0.3) is 0 Å². The van der Waals surface area contributed by atoms with E-state index in [2.05, 4.69) is 12.4 Å². The first-order valence-electron chi connectivity index (χ1n) is 3.60. The monoisotopic (exact) mass is 179 g/mol. The molecule has 0 spiro atoms. The van der Waals surface area contributed by atoms with Crippen molar-refractivity contribution in [1.29, 1.82) is 0 Å². The lowest BCUT2D eigenvalue weighted by Gasteiger charge is -2.25. The van der Waals surface area contributed by atoms with Crippen LogP contribution in [-0.2, 0) is 13.7 Å². The van der Waals surface area contributed by atoms with Crippen LogP contribution in [-0.4, -0.2) is 36.1 Å². The molecule has 0 saturated heterocycles. The molecular formula is C6H17NO3Si. The maximum absolute atomic E-state index is 5.31. The van der Waals surface area contributed by atoms with Crippen molar-refractivity contribution in [2.45, 2.75) is 13.0 Å². The molecule has 0 atom stereocenters. The molecular weight excluding hydrogens is 162 g/mol. The summed E-state index contributed by atoms with van der Waals surface area (Å²) in [5.74, 6) is 0. The first-order chi connectivity index (χ1) is 5.24. The van der Waals surface area contributed by atoms with E-state index in [0.717, 1.165) is 6.04 Å². The second-order valence-corrected chi connectivity index (χ2v) is 5.90. The van der Waals surface area contributed by atoms with Crippen molar-refractivity contribution in [1.82, 2.24) is 5.48 Å². The molecule has 0 unspecified atom stereocenters. The fourth-order valence-electron chi connectivity index (χ4n) is 0.823. The Kier molecular flexibility index (Phi) is 5.70. The number of hydrogen-bond donors (Lipinski definition) is 1. The third-order valence-electron chi connectivity index (χ3n) is 1.77. The summed E-state index contributed by atoms with van der Waals surface area (Å²) < 4.78 is 10.6. The zero-order valence-electron chi connectivity index (χ0n) is 7.64. The summed E-state index contributed by atoms with van der Waals surface area (Å²) in [5, 5.41) is 0. The van der Waals surface area contributed by atoms with Crippen molar-refractivity contribution in [3.8, 4) is 0 Å². The normalized spacial score (nSPS) is 12.0. The summed E-state index contributed by atoms with van der Waals surface area (Å²) in [6.07, 6.45) is 0.660. The fourth-order valence-corrected chi connectivity index (χ4v) is 2.47. The molecule has 4 nitrogen and oxygen atoms in total. The Labute approximate surface area is 69.0 Å². The van der Waals surface area contributed by atoms with E-state index in [1.165, 1.54) is 0 Å². The lowest BCUT2D eigenvalue weighted by atomic mass is 11.0. The van der Waals surface area contributed by atoms with Gasteiger partial charge in [-0.2, -0.15) is 0 Å². The van der Waals surface area contributed by atoms with Crippen molar-refractivity contribution < 1.29 is 13.7 Å². The Hall–Kier alpha value is 0.0569. The van der Waals surface area contributed by atoms with Gasteiger partial charge in [0.2, 0.25) is 0 Å². The molecule has 0 aromatic carbocycles. The fraction of sp³-hybridized carbons (Fsp3) is 1.00. The van der Waals surface area contributed by atoms with Gasteiger partial charge in [-0.3, -0.25) is 0 Å². The van der Waals surface area contributed by atoms with Crippen LogP contribution in [0.15, 0.2) is 0 Å². The van der Waals surface area contributed by atoms with Gasteiger partial charge in [0.1, 0.15) is 0 Å². The van der Waals surface area contributed by atoms with E-state index in [1.807, 2.05) is 0 Å². The second-order valence-electron chi connectivity index (χ2n) is 2.20. The molecule has 0 heterocycles. The maximum Gasteiger partial charge on any atom is 0.354 e. The maximum atomic E-state index is 5.31. The highest BCUT2D eigenvalue weighted by Gasteiger charge is 2.32. The standard InChI is InChI=1S/C6H17NO3Si/c1-5-11(9-3,10-4)6-7-8-2/h7H,5-6H2,1-4H3. The topological polar surface area (TPSA) is 39.7 Å². The predicted molar refractivity (Wildman–Crippen MR) is 45.3 cm³/mol. The lowest BCUT2D eigenvalue weighted by molar-refractivity contribution is 0.0918. The highest BCUT2D eigenvalue weighted by molar-refractivity contribution is 6.67. The minimum Gasteiger partial charge on any atom is -0.397 e. The molecule has 0 fully saturated rings. The lowest BCUT2D eigenvalue weighted by Crippen LogP contribution is -2.49. The van der Waals surface area contributed by atoms with Crippen LogP contribution in [0.2, 0.25) is 6.04 Å². The highest BCUT2D eigenvalue weighted by Crippen LogP contribution is 2.08.